The average molecular weight is 539 g/mol. The number of carbonyl (C=O) groups is 3. The summed E-state index contributed by atoms with van der Waals surface area (Å²) >= 11 is 0. The highest BCUT2D eigenvalue weighted by molar-refractivity contribution is 5.93. The Morgan fingerprint density at radius 1 is 1.05 bits per heavy atom. The Bertz CT molecular complexity index is 1160. The highest BCUT2D eigenvalue weighted by Gasteiger charge is 2.38. The van der Waals surface area contributed by atoms with Crippen LogP contribution in [-0.2, 0) is 27.3 Å². The molecule has 2 aromatic rings. The second-order valence-electron chi connectivity index (χ2n) is 10.2. The molecule has 0 bridgehead atoms. The molecule has 1 saturated heterocycles. The third-order valence-electron chi connectivity index (χ3n) is 6.49. The Labute approximate surface area is 228 Å². The van der Waals surface area contributed by atoms with E-state index in [1.807, 2.05) is 13.8 Å². The van der Waals surface area contributed by atoms with Crippen molar-refractivity contribution in [2.45, 2.75) is 64.3 Å². The molecule has 39 heavy (non-hydrogen) atoms. The molecule has 210 valence electrons. The molecule has 3 rings (SSSR count). The topological polar surface area (TPSA) is 183 Å². The van der Waals surface area contributed by atoms with Crippen LogP contribution in [0.3, 0.4) is 0 Å². The number of hydrogen-bond acceptors (Lipinski definition) is 6. The number of phenolic OH excluding ortho intramolecular Hbond substituents is 1. The maximum Gasteiger partial charge on any atom is 0.249 e. The SMILES string of the molecule is CC(C)C[C@@H](NC(=O)[C@H](O)Cc1ccc(O)cc1)C(=O)N1CCC[C@H]1C(=O)NCc1ccc(N=C(N)N)cc1. The normalized spacial score (nSPS) is 16.4. The van der Waals surface area contributed by atoms with Crippen molar-refractivity contribution in [3.63, 3.8) is 0 Å². The lowest BCUT2D eigenvalue weighted by molar-refractivity contribution is -0.143. The van der Waals surface area contributed by atoms with Crippen LogP contribution in [0.1, 0.15) is 44.2 Å². The van der Waals surface area contributed by atoms with Crippen molar-refractivity contribution in [2.75, 3.05) is 6.54 Å². The number of nitrogens with two attached hydrogens (primary N) is 2. The van der Waals surface area contributed by atoms with Crippen molar-refractivity contribution in [2.24, 2.45) is 22.4 Å². The number of aliphatic imine (C=N–C) groups is 1. The fraction of sp³-hybridized carbons (Fsp3) is 0.429. The number of nitrogens with zero attached hydrogens (tertiary/aromatic N) is 2. The summed E-state index contributed by atoms with van der Waals surface area (Å²) in [5.41, 5.74) is 12.9. The van der Waals surface area contributed by atoms with Gasteiger partial charge in [0, 0.05) is 19.5 Å². The van der Waals surface area contributed by atoms with Crippen molar-refractivity contribution >= 4 is 29.4 Å². The van der Waals surface area contributed by atoms with Crippen molar-refractivity contribution in [3.05, 3.63) is 59.7 Å². The minimum atomic E-state index is -1.37. The van der Waals surface area contributed by atoms with Gasteiger partial charge in [-0.2, -0.15) is 0 Å². The summed E-state index contributed by atoms with van der Waals surface area (Å²) in [6.07, 6.45) is 0.225. The largest absolute Gasteiger partial charge is 0.508 e. The molecule has 0 aromatic heterocycles. The highest BCUT2D eigenvalue weighted by Crippen LogP contribution is 2.21. The number of rotatable bonds is 11. The molecule has 3 atom stereocenters. The van der Waals surface area contributed by atoms with Crippen LogP contribution in [0.25, 0.3) is 0 Å². The van der Waals surface area contributed by atoms with E-state index in [-0.39, 0.29) is 42.4 Å². The number of amides is 3. The Kier molecular flexibility index (Phi) is 10.3. The lowest BCUT2D eigenvalue weighted by Gasteiger charge is -2.30. The Morgan fingerprint density at radius 2 is 1.69 bits per heavy atom. The number of phenols is 1. The molecule has 0 aliphatic carbocycles. The number of aliphatic hydroxyl groups is 1. The Hall–Kier alpha value is -4.12. The standard InChI is InChI=1S/C28H38N6O5/c1-17(2)14-22(33-26(38)24(36)15-18-7-11-21(35)12-8-18)27(39)34-13-3-4-23(34)25(37)31-16-19-5-9-20(10-6-19)32-28(29)30/h5-12,17,22-24,35-36H,3-4,13-16H2,1-2H3,(H,31,37)(H,33,38)(H4,29,30,32)/t22-,23+,24-/m1/s1. The molecule has 1 fully saturated rings. The van der Waals surface area contributed by atoms with Crippen LogP contribution in [0.4, 0.5) is 5.69 Å². The molecule has 1 heterocycles. The molecule has 1 aliphatic rings. The number of carbonyl (C=O) groups excluding carboxylic acids is 3. The van der Waals surface area contributed by atoms with Gasteiger partial charge >= 0.3 is 0 Å². The predicted octanol–water partition coefficient (Wildman–Crippen LogP) is 1.04. The molecule has 11 nitrogen and oxygen atoms in total. The number of aliphatic hydroxyl groups excluding tert-OH is 1. The molecule has 8 N–H and O–H groups in total. The fourth-order valence-electron chi connectivity index (χ4n) is 4.56. The lowest BCUT2D eigenvalue weighted by atomic mass is 10.0. The summed E-state index contributed by atoms with van der Waals surface area (Å²) < 4.78 is 0. The van der Waals surface area contributed by atoms with Crippen LogP contribution in [0.2, 0.25) is 0 Å². The summed E-state index contributed by atoms with van der Waals surface area (Å²) in [5, 5.41) is 25.5. The molecule has 11 heteroatoms. The van der Waals surface area contributed by atoms with Crippen molar-refractivity contribution in [1.29, 1.82) is 0 Å². The zero-order valence-corrected chi connectivity index (χ0v) is 22.3. The minimum Gasteiger partial charge on any atom is -0.508 e. The van der Waals surface area contributed by atoms with Crippen molar-refractivity contribution in [1.82, 2.24) is 15.5 Å². The van der Waals surface area contributed by atoms with E-state index in [9.17, 15) is 24.6 Å². The third kappa shape index (κ3) is 8.71. The van der Waals surface area contributed by atoms with E-state index in [0.29, 0.717) is 37.1 Å². The van der Waals surface area contributed by atoms with E-state index in [1.54, 1.807) is 36.4 Å². The van der Waals surface area contributed by atoms with E-state index in [1.165, 1.54) is 17.0 Å². The van der Waals surface area contributed by atoms with E-state index in [2.05, 4.69) is 15.6 Å². The van der Waals surface area contributed by atoms with Crippen LogP contribution in [-0.4, -0.2) is 63.5 Å². The summed E-state index contributed by atoms with van der Waals surface area (Å²) in [6.45, 7) is 4.55. The van der Waals surface area contributed by atoms with Gasteiger partial charge in [0.2, 0.25) is 17.7 Å². The Balaban J connectivity index is 1.61. The van der Waals surface area contributed by atoms with Gasteiger partial charge in [-0.3, -0.25) is 14.4 Å². The van der Waals surface area contributed by atoms with Gasteiger partial charge in [0.1, 0.15) is 23.9 Å². The van der Waals surface area contributed by atoms with E-state index >= 15 is 0 Å². The van der Waals surface area contributed by atoms with Crippen LogP contribution in [0.5, 0.6) is 5.75 Å². The maximum absolute atomic E-state index is 13.5. The first-order valence-electron chi connectivity index (χ1n) is 13.1. The number of likely N-dealkylation sites (tertiary alicyclic amines) is 1. The number of guanidine groups is 1. The highest BCUT2D eigenvalue weighted by atomic mass is 16.3. The first-order chi connectivity index (χ1) is 18.5. The first kappa shape index (κ1) is 29.4. The minimum absolute atomic E-state index is 0.0381. The van der Waals surface area contributed by atoms with Gasteiger partial charge in [-0.1, -0.05) is 38.1 Å². The zero-order valence-electron chi connectivity index (χ0n) is 22.3. The second kappa shape index (κ2) is 13.6. The fourth-order valence-corrected chi connectivity index (χ4v) is 4.56. The van der Waals surface area contributed by atoms with Gasteiger partial charge in [-0.15, -0.1) is 0 Å². The van der Waals surface area contributed by atoms with E-state index < -0.39 is 24.1 Å². The molecular formula is C28H38N6O5. The smallest absolute Gasteiger partial charge is 0.249 e. The number of hydrogen-bond donors (Lipinski definition) is 6. The Morgan fingerprint density at radius 3 is 2.31 bits per heavy atom. The summed E-state index contributed by atoms with van der Waals surface area (Å²) in [6, 6.07) is 11.8. The van der Waals surface area contributed by atoms with Crippen molar-refractivity contribution < 1.29 is 24.6 Å². The van der Waals surface area contributed by atoms with E-state index in [0.717, 1.165) is 5.56 Å². The van der Waals surface area contributed by atoms with Crippen LogP contribution in [0, 0.1) is 5.92 Å². The first-order valence-corrected chi connectivity index (χ1v) is 13.1. The monoisotopic (exact) mass is 538 g/mol. The number of benzene rings is 2. The van der Waals surface area contributed by atoms with Crippen LogP contribution < -0.4 is 22.1 Å². The molecule has 0 spiro atoms. The van der Waals surface area contributed by atoms with Crippen LogP contribution in [0.15, 0.2) is 53.5 Å². The summed E-state index contributed by atoms with van der Waals surface area (Å²) in [7, 11) is 0. The number of aromatic hydroxyl groups is 1. The molecular weight excluding hydrogens is 500 g/mol. The zero-order chi connectivity index (χ0) is 28.5. The molecule has 2 aromatic carbocycles. The third-order valence-corrected chi connectivity index (χ3v) is 6.49. The number of nitrogens with one attached hydrogen (secondary N) is 2. The molecule has 0 saturated carbocycles. The van der Waals surface area contributed by atoms with Crippen molar-refractivity contribution in [3.8, 4) is 5.75 Å². The second-order valence-corrected chi connectivity index (χ2v) is 10.2. The molecule has 0 unspecified atom stereocenters. The van der Waals surface area contributed by atoms with E-state index in [4.69, 9.17) is 11.5 Å². The van der Waals surface area contributed by atoms with Gasteiger partial charge in [0.05, 0.1) is 5.69 Å². The molecule has 0 radical (unpaired) electrons. The molecule has 1 aliphatic heterocycles. The summed E-state index contributed by atoms with van der Waals surface area (Å²) in [4.78, 5) is 44.9. The maximum atomic E-state index is 13.5. The van der Waals surface area contributed by atoms with Gasteiger partial charge < -0.3 is 37.2 Å². The average Bonchev–Trinajstić information content (AvgIpc) is 3.38. The summed E-state index contributed by atoms with van der Waals surface area (Å²) in [5.74, 6) is -1.13. The molecule has 3 amide bonds. The van der Waals surface area contributed by atoms with Gasteiger partial charge in [-0.05, 0) is 60.6 Å². The quantitative estimate of drug-likeness (QED) is 0.182. The van der Waals surface area contributed by atoms with Gasteiger partial charge in [-0.25, -0.2) is 4.99 Å². The predicted molar refractivity (Wildman–Crippen MR) is 148 cm³/mol. The van der Waals surface area contributed by atoms with Gasteiger partial charge in [0.15, 0.2) is 5.96 Å². The lowest BCUT2D eigenvalue weighted by Crippen LogP contribution is -2.55. The van der Waals surface area contributed by atoms with Gasteiger partial charge in [0.25, 0.3) is 0 Å². The van der Waals surface area contributed by atoms with Crippen LogP contribution >= 0.6 is 0 Å².